The van der Waals surface area contributed by atoms with Gasteiger partial charge in [-0.3, -0.25) is 0 Å². The number of hydrogen-bond donors (Lipinski definition) is 2. The summed E-state index contributed by atoms with van der Waals surface area (Å²) in [5.74, 6) is 0. The Bertz CT molecular complexity index is 345. The number of aryl methyl sites for hydroxylation is 1. The van der Waals surface area contributed by atoms with Gasteiger partial charge in [-0.05, 0) is 25.3 Å². The fraction of sp³-hybridized carbons (Fsp3) is 0.684. The molecule has 1 unspecified atom stereocenters. The first-order valence-corrected chi connectivity index (χ1v) is 8.59. The van der Waals surface area contributed by atoms with E-state index in [0.717, 1.165) is 24.8 Å². The maximum atomic E-state index is 10.1. The van der Waals surface area contributed by atoms with E-state index >= 15 is 0 Å². The fourth-order valence-electron chi connectivity index (χ4n) is 2.64. The monoisotopic (exact) mass is 292 g/mol. The molecule has 2 heteroatoms. The van der Waals surface area contributed by atoms with E-state index in [0.29, 0.717) is 6.61 Å². The van der Waals surface area contributed by atoms with Crippen molar-refractivity contribution in [3.05, 3.63) is 35.4 Å². The Morgan fingerprint density at radius 2 is 1.24 bits per heavy atom. The van der Waals surface area contributed by atoms with Gasteiger partial charge in [0.25, 0.3) is 0 Å². The van der Waals surface area contributed by atoms with Crippen molar-refractivity contribution in [2.45, 2.75) is 77.2 Å². The van der Waals surface area contributed by atoms with Crippen molar-refractivity contribution in [3.63, 3.8) is 0 Å². The Morgan fingerprint density at radius 3 is 1.76 bits per heavy atom. The molecule has 0 heterocycles. The highest BCUT2D eigenvalue weighted by Crippen LogP contribution is 2.20. The summed E-state index contributed by atoms with van der Waals surface area (Å²) in [6.07, 6.45) is 11.5. The molecule has 0 bridgehead atoms. The lowest BCUT2D eigenvalue weighted by Gasteiger charge is -2.11. The molecule has 0 saturated carbocycles. The van der Waals surface area contributed by atoms with Crippen LogP contribution in [-0.2, 0) is 0 Å². The maximum Gasteiger partial charge on any atom is 0.0790 e. The smallest absolute Gasteiger partial charge is 0.0790 e. The maximum absolute atomic E-state index is 10.1. The van der Waals surface area contributed by atoms with E-state index < -0.39 is 0 Å². The van der Waals surface area contributed by atoms with Crippen LogP contribution in [0, 0.1) is 6.92 Å². The lowest BCUT2D eigenvalue weighted by atomic mass is 10.0. The minimum atomic E-state index is -0.302. The predicted octanol–water partition coefficient (Wildman–Crippen LogP) is 4.92. The van der Waals surface area contributed by atoms with Crippen LogP contribution in [0.1, 0.15) is 81.4 Å². The van der Waals surface area contributed by atoms with Gasteiger partial charge in [-0.2, -0.15) is 0 Å². The van der Waals surface area contributed by atoms with Gasteiger partial charge >= 0.3 is 0 Å². The summed E-state index contributed by atoms with van der Waals surface area (Å²) >= 11 is 0. The normalized spacial score (nSPS) is 12.5. The van der Waals surface area contributed by atoms with Crippen molar-refractivity contribution in [2.75, 3.05) is 6.61 Å². The predicted molar refractivity (Wildman–Crippen MR) is 89.4 cm³/mol. The van der Waals surface area contributed by atoms with E-state index in [1.54, 1.807) is 0 Å². The van der Waals surface area contributed by atoms with Crippen molar-refractivity contribution in [1.82, 2.24) is 0 Å². The number of benzene rings is 1. The second-order valence-electron chi connectivity index (χ2n) is 6.12. The summed E-state index contributed by atoms with van der Waals surface area (Å²) in [5.41, 5.74) is 2.29. The van der Waals surface area contributed by atoms with Crippen molar-refractivity contribution in [2.24, 2.45) is 0 Å². The molecule has 0 radical (unpaired) electrons. The van der Waals surface area contributed by atoms with E-state index in [4.69, 9.17) is 5.11 Å². The van der Waals surface area contributed by atoms with Gasteiger partial charge < -0.3 is 10.2 Å². The summed E-state index contributed by atoms with van der Waals surface area (Å²) in [4.78, 5) is 0. The molecular weight excluding hydrogens is 260 g/mol. The molecular formula is C19H32O2. The van der Waals surface area contributed by atoms with Crippen molar-refractivity contribution < 1.29 is 10.2 Å². The van der Waals surface area contributed by atoms with Gasteiger partial charge in [0.15, 0.2) is 0 Å². The molecule has 0 aliphatic carbocycles. The summed E-state index contributed by atoms with van der Waals surface area (Å²) in [6, 6.07) is 8.20. The quantitative estimate of drug-likeness (QED) is 0.537. The first-order valence-electron chi connectivity index (χ1n) is 8.59. The third kappa shape index (κ3) is 8.90. The first-order chi connectivity index (χ1) is 10.2. The molecule has 0 spiro atoms. The second kappa shape index (κ2) is 11.8. The molecule has 120 valence electrons. The van der Waals surface area contributed by atoms with Gasteiger partial charge in [-0.25, -0.2) is 0 Å². The third-order valence-electron chi connectivity index (χ3n) is 4.10. The van der Waals surface area contributed by atoms with E-state index in [1.165, 1.54) is 50.5 Å². The largest absolute Gasteiger partial charge is 0.396 e. The Kier molecular flexibility index (Phi) is 10.2. The lowest BCUT2D eigenvalue weighted by Crippen LogP contribution is -1.97. The number of hydrogen-bond acceptors (Lipinski definition) is 2. The summed E-state index contributed by atoms with van der Waals surface area (Å²) in [7, 11) is 0. The van der Waals surface area contributed by atoms with Crippen LogP contribution in [0.15, 0.2) is 24.3 Å². The zero-order chi connectivity index (χ0) is 15.3. The van der Waals surface area contributed by atoms with E-state index in [9.17, 15) is 5.11 Å². The van der Waals surface area contributed by atoms with Gasteiger partial charge in [0.2, 0.25) is 0 Å². The molecule has 0 fully saturated rings. The summed E-state index contributed by atoms with van der Waals surface area (Å²) in [6.45, 7) is 2.41. The van der Waals surface area contributed by atoms with Gasteiger partial charge in [0, 0.05) is 6.61 Å². The molecule has 1 aromatic carbocycles. The van der Waals surface area contributed by atoms with Crippen LogP contribution in [0.2, 0.25) is 0 Å². The van der Waals surface area contributed by atoms with Crippen LogP contribution < -0.4 is 0 Å². The van der Waals surface area contributed by atoms with Gasteiger partial charge in [-0.1, -0.05) is 81.2 Å². The van der Waals surface area contributed by atoms with Crippen molar-refractivity contribution in [1.29, 1.82) is 0 Å². The molecule has 0 saturated heterocycles. The fourth-order valence-corrected chi connectivity index (χ4v) is 2.64. The van der Waals surface area contributed by atoms with E-state index in [1.807, 2.05) is 12.1 Å². The molecule has 0 aromatic heterocycles. The Labute approximate surface area is 130 Å². The zero-order valence-corrected chi connectivity index (χ0v) is 13.6. The standard InChI is InChI=1S/C19H32O2/c1-17-12-14-18(15-13-17)19(21)11-9-7-5-3-2-4-6-8-10-16-20/h12-15,19-21H,2-11,16H2,1H3. The van der Waals surface area contributed by atoms with Crippen LogP contribution in [0.3, 0.4) is 0 Å². The molecule has 2 N–H and O–H groups in total. The average molecular weight is 292 g/mol. The zero-order valence-electron chi connectivity index (χ0n) is 13.6. The number of unbranched alkanes of at least 4 members (excludes halogenated alkanes) is 8. The molecule has 2 nitrogen and oxygen atoms in total. The van der Waals surface area contributed by atoms with Crippen LogP contribution in [0.4, 0.5) is 0 Å². The SMILES string of the molecule is Cc1ccc(C(O)CCCCCCCCCCCO)cc1. The highest BCUT2D eigenvalue weighted by molar-refractivity contribution is 5.22. The lowest BCUT2D eigenvalue weighted by molar-refractivity contribution is 0.163. The highest BCUT2D eigenvalue weighted by atomic mass is 16.3. The van der Waals surface area contributed by atoms with E-state index in [-0.39, 0.29) is 6.10 Å². The van der Waals surface area contributed by atoms with Gasteiger partial charge in [-0.15, -0.1) is 0 Å². The molecule has 1 rings (SSSR count). The Morgan fingerprint density at radius 1 is 0.762 bits per heavy atom. The van der Waals surface area contributed by atoms with Crippen LogP contribution in [0.25, 0.3) is 0 Å². The number of aliphatic hydroxyl groups excluding tert-OH is 2. The van der Waals surface area contributed by atoms with Gasteiger partial charge in [0.05, 0.1) is 6.10 Å². The average Bonchev–Trinajstić information content (AvgIpc) is 2.49. The molecule has 1 aromatic rings. The molecule has 21 heavy (non-hydrogen) atoms. The molecule has 0 amide bonds. The topological polar surface area (TPSA) is 40.5 Å². The first kappa shape index (κ1) is 18.2. The van der Waals surface area contributed by atoms with Crippen molar-refractivity contribution >= 4 is 0 Å². The second-order valence-corrected chi connectivity index (χ2v) is 6.12. The Balaban J connectivity index is 1.95. The molecule has 0 aliphatic heterocycles. The highest BCUT2D eigenvalue weighted by Gasteiger charge is 2.06. The molecule has 1 atom stereocenters. The number of aliphatic hydroxyl groups is 2. The van der Waals surface area contributed by atoms with E-state index in [2.05, 4.69) is 19.1 Å². The summed E-state index contributed by atoms with van der Waals surface area (Å²) in [5, 5.41) is 18.8. The number of rotatable bonds is 12. The van der Waals surface area contributed by atoms with Gasteiger partial charge in [0.1, 0.15) is 0 Å². The minimum absolute atomic E-state index is 0.302. The third-order valence-corrected chi connectivity index (χ3v) is 4.10. The molecule has 0 aliphatic rings. The van der Waals surface area contributed by atoms with Crippen molar-refractivity contribution in [3.8, 4) is 0 Å². The van der Waals surface area contributed by atoms with Crippen LogP contribution in [0.5, 0.6) is 0 Å². The minimum Gasteiger partial charge on any atom is -0.396 e. The van der Waals surface area contributed by atoms with Crippen LogP contribution in [-0.4, -0.2) is 16.8 Å². The summed E-state index contributed by atoms with van der Waals surface area (Å²) < 4.78 is 0. The Hall–Kier alpha value is -0.860. The van der Waals surface area contributed by atoms with Crippen LogP contribution >= 0.6 is 0 Å².